The van der Waals surface area contributed by atoms with Gasteiger partial charge in [-0.3, -0.25) is 0 Å². The van der Waals surface area contributed by atoms with Gasteiger partial charge in [0.15, 0.2) is 5.69 Å². The molecule has 17 heavy (non-hydrogen) atoms. The highest BCUT2D eigenvalue weighted by Gasteiger charge is 2.21. The molecular formula is C13H16ClN3. The van der Waals surface area contributed by atoms with Crippen molar-refractivity contribution in [2.75, 3.05) is 5.32 Å². The largest absolute Gasteiger partial charge is 0.367 e. The van der Waals surface area contributed by atoms with E-state index in [2.05, 4.69) is 17.2 Å². The smallest absolute Gasteiger partial charge is 0.161 e. The Kier molecular flexibility index (Phi) is 3.86. The van der Waals surface area contributed by atoms with Crippen LogP contribution in [-0.2, 0) is 0 Å². The Hall–Kier alpha value is -1.27. The number of nitriles is 1. The van der Waals surface area contributed by atoms with Crippen LogP contribution < -0.4 is 5.32 Å². The quantitative estimate of drug-likeness (QED) is 0.871. The minimum absolute atomic E-state index is 0.292. The Bertz CT molecular complexity index is 439. The maximum Gasteiger partial charge on any atom is 0.161 e. The van der Waals surface area contributed by atoms with Crippen molar-refractivity contribution < 1.29 is 0 Å². The molecule has 0 bridgehead atoms. The lowest BCUT2D eigenvalue weighted by Gasteiger charge is -2.29. The summed E-state index contributed by atoms with van der Waals surface area (Å²) in [6.45, 7) is 2.26. The average molecular weight is 250 g/mol. The molecule has 4 heteroatoms. The molecule has 2 unspecified atom stereocenters. The summed E-state index contributed by atoms with van der Waals surface area (Å²) in [4.78, 5) is 4.22. The number of hydrogen-bond donors (Lipinski definition) is 1. The zero-order valence-electron chi connectivity index (χ0n) is 9.91. The van der Waals surface area contributed by atoms with Crippen LogP contribution in [0.2, 0.25) is 5.02 Å². The van der Waals surface area contributed by atoms with Crippen LogP contribution in [-0.4, -0.2) is 11.0 Å². The fraction of sp³-hybridized carbons (Fsp3) is 0.538. The van der Waals surface area contributed by atoms with Crippen LogP contribution in [0.5, 0.6) is 0 Å². The van der Waals surface area contributed by atoms with Crippen LogP contribution >= 0.6 is 11.6 Å². The summed E-state index contributed by atoms with van der Waals surface area (Å²) in [6.07, 6.45) is 5.02. The SMILES string of the molecule is CC1CCCCC1Nc1ccc(Cl)c(C#N)n1. The van der Waals surface area contributed by atoms with Crippen molar-refractivity contribution in [2.24, 2.45) is 5.92 Å². The van der Waals surface area contributed by atoms with Gasteiger partial charge in [0.2, 0.25) is 0 Å². The Labute approximate surface area is 107 Å². The molecule has 1 heterocycles. The zero-order valence-corrected chi connectivity index (χ0v) is 10.7. The molecular weight excluding hydrogens is 234 g/mol. The van der Waals surface area contributed by atoms with Crippen molar-refractivity contribution >= 4 is 17.4 Å². The fourth-order valence-corrected chi connectivity index (χ4v) is 2.47. The first-order chi connectivity index (χ1) is 8.20. The van der Waals surface area contributed by atoms with Crippen molar-refractivity contribution in [3.8, 4) is 6.07 Å². The van der Waals surface area contributed by atoms with E-state index in [1.807, 2.05) is 12.1 Å². The van der Waals surface area contributed by atoms with Gasteiger partial charge >= 0.3 is 0 Å². The second kappa shape index (κ2) is 5.37. The first-order valence-electron chi connectivity index (χ1n) is 6.04. The van der Waals surface area contributed by atoms with E-state index >= 15 is 0 Å². The molecule has 0 aliphatic heterocycles. The molecule has 1 aliphatic carbocycles. The molecule has 1 aliphatic rings. The van der Waals surface area contributed by atoms with Crippen LogP contribution in [0.4, 0.5) is 5.82 Å². The number of anilines is 1. The van der Waals surface area contributed by atoms with E-state index in [1.165, 1.54) is 25.7 Å². The second-order valence-electron chi connectivity index (χ2n) is 4.65. The molecule has 1 aromatic heterocycles. The van der Waals surface area contributed by atoms with Gasteiger partial charge in [0.05, 0.1) is 5.02 Å². The van der Waals surface area contributed by atoms with Crippen LogP contribution in [0.25, 0.3) is 0 Å². The lowest BCUT2D eigenvalue weighted by atomic mass is 9.86. The molecule has 0 amide bonds. The average Bonchev–Trinajstić information content (AvgIpc) is 2.34. The summed E-state index contributed by atoms with van der Waals surface area (Å²) in [5, 5.41) is 12.7. The minimum atomic E-state index is 0.292. The van der Waals surface area contributed by atoms with Gasteiger partial charge in [-0.2, -0.15) is 5.26 Å². The summed E-state index contributed by atoms with van der Waals surface area (Å²) in [5.74, 6) is 1.41. The van der Waals surface area contributed by atoms with E-state index in [0.29, 0.717) is 22.7 Å². The topological polar surface area (TPSA) is 48.7 Å². The van der Waals surface area contributed by atoms with Crippen LogP contribution in [0, 0.1) is 17.2 Å². The third-order valence-corrected chi connectivity index (χ3v) is 3.70. The van der Waals surface area contributed by atoms with Gasteiger partial charge in [0, 0.05) is 6.04 Å². The van der Waals surface area contributed by atoms with Gasteiger partial charge in [0.25, 0.3) is 0 Å². The summed E-state index contributed by atoms with van der Waals surface area (Å²) in [5.41, 5.74) is 0.292. The van der Waals surface area contributed by atoms with E-state index < -0.39 is 0 Å². The van der Waals surface area contributed by atoms with Crippen LogP contribution in [0.3, 0.4) is 0 Å². The normalized spacial score (nSPS) is 24.1. The number of rotatable bonds is 2. The second-order valence-corrected chi connectivity index (χ2v) is 5.06. The molecule has 1 aromatic rings. The van der Waals surface area contributed by atoms with Gasteiger partial charge in [0.1, 0.15) is 11.9 Å². The van der Waals surface area contributed by atoms with Gasteiger partial charge in [-0.05, 0) is 30.9 Å². The highest BCUT2D eigenvalue weighted by molar-refractivity contribution is 6.31. The minimum Gasteiger partial charge on any atom is -0.367 e. The predicted molar refractivity (Wildman–Crippen MR) is 69.0 cm³/mol. The van der Waals surface area contributed by atoms with E-state index in [0.717, 1.165) is 5.82 Å². The number of halogens is 1. The molecule has 3 nitrogen and oxygen atoms in total. The number of pyridine rings is 1. The number of aromatic nitrogens is 1. The summed E-state index contributed by atoms with van der Waals surface area (Å²) in [6, 6.07) is 6.03. The van der Waals surface area contributed by atoms with Crippen molar-refractivity contribution in [3.05, 3.63) is 22.8 Å². The molecule has 0 saturated heterocycles. The van der Waals surface area contributed by atoms with Gasteiger partial charge in [-0.15, -0.1) is 0 Å². The first kappa shape index (κ1) is 12.2. The van der Waals surface area contributed by atoms with E-state index in [-0.39, 0.29) is 0 Å². The molecule has 1 N–H and O–H groups in total. The van der Waals surface area contributed by atoms with Crippen LogP contribution in [0.15, 0.2) is 12.1 Å². The molecule has 90 valence electrons. The molecule has 2 atom stereocenters. The van der Waals surface area contributed by atoms with Crippen molar-refractivity contribution in [2.45, 2.75) is 38.6 Å². The van der Waals surface area contributed by atoms with E-state index in [4.69, 9.17) is 16.9 Å². The first-order valence-corrected chi connectivity index (χ1v) is 6.41. The lowest BCUT2D eigenvalue weighted by Crippen LogP contribution is -2.30. The predicted octanol–water partition coefficient (Wildman–Crippen LogP) is 3.60. The van der Waals surface area contributed by atoms with Gasteiger partial charge in [-0.25, -0.2) is 4.98 Å². The number of hydrogen-bond acceptors (Lipinski definition) is 3. The molecule has 0 aromatic carbocycles. The Balaban J connectivity index is 2.10. The maximum atomic E-state index is 8.88. The third kappa shape index (κ3) is 2.89. The fourth-order valence-electron chi connectivity index (χ4n) is 2.32. The molecule has 0 spiro atoms. The summed E-state index contributed by atoms with van der Waals surface area (Å²) in [7, 11) is 0. The highest BCUT2D eigenvalue weighted by Crippen LogP contribution is 2.26. The van der Waals surface area contributed by atoms with Gasteiger partial charge in [-0.1, -0.05) is 31.4 Å². The van der Waals surface area contributed by atoms with Gasteiger partial charge < -0.3 is 5.32 Å². The zero-order chi connectivity index (χ0) is 12.3. The van der Waals surface area contributed by atoms with Crippen molar-refractivity contribution in [3.63, 3.8) is 0 Å². The van der Waals surface area contributed by atoms with E-state index in [9.17, 15) is 0 Å². The highest BCUT2D eigenvalue weighted by atomic mass is 35.5. The Morgan fingerprint density at radius 2 is 2.18 bits per heavy atom. The third-order valence-electron chi connectivity index (χ3n) is 3.40. The number of nitrogens with zero attached hydrogens (tertiary/aromatic N) is 2. The van der Waals surface area contributed by atoms with Crippen molar-refractivity contribution in [1.29, 1.82) is 5.26 Å². The molecule has 1 saturated carbocycles. The lowest BCUT2D eigenvalue weighted by molar-refractivity contribution is 0.349. The standard InChI is InChI=1S/C13H16ClN3/c1-9-4-2-3-5-11(9)16-13-7-6-10(14)12(8-15)17-13/h6-7,9,11H,2-5H2,1H3,(H,16,17). The Morgan fingerprint density at radius 3 is 2.88 bits per heavy atom. The maximum absolute atomic E-state index is 8.88. The van der Waals surface area contributed by atoms with Crippen LogP contribution in [0.1, 0.15) is 38.3 Å². The van der Waals surface area contributed by atoms with Crippen molar-refractivity contribution in [1.82, 2.24) is 4.98 Å². The Morgan fingerprint density at radius 1 is 1.41 bits per heavy atom. The molecule has 1 fully saturated rings. The summed E-state index contributed by atoms with van der Waals surface area (Å²) >= 11 is 5.85. The summed E-state index contributed by atoms with van der Waals surface area (Å²) < 4.78 is 0. The van der Waals surface area contributed by atoms with E-state index in [1.54, 1.807) is 6.07 Å². The monoisotopic (exact) mass is 249 g/mol. The molecule has 2 rings (SSSR count). The number of nitrogens with one attached hydrogen (secondary N) is 1. The molecule has 0 radical (unpaired) electrons.